The molecule has 198 valence electrons. The van der Waals surface area contributed by atoms with E-state index in [9.17, 15) is 13.5 Å². The molecule has 1 saturated heterocycles. The summed E-state index contributed by atoms with van der Waals surface area (Å²) in [4.78, 5) is 10.9. The second-order valence-electron chi connectivity index (χ2n) is 8.32. The fraction of sp³-hybridized carbons (Fsp3) is 0.333. The number of nitrogens with one attached hydrogen (secondary N) is 3. The SMILES string of the molecule is COc1cc(N2CCOCC2)ccc1Nc1ncc(Cl)c(Nc2ccccc2S(=O)(=O)NCC(C)O)n1. The summed E-state index contributed by atoms with van der Waals surface area (Å²) in [5.41, 5.74) is 1.93. The minimum absolute atomic E-state index is 0.0137. The molecule has 13 heteroatoms. The van der Waals surface area contributed by atoms with Crippen molar-refractivity contribution in [2.45, 2.75) is 17.9 Å². The van der Waals surface area contributed by atoms with Gasteiger partial charge in [-0.25, -0.2) is 18.1 Å². The van der Waals surface area contributed by atoms with Crippen molar-refractivity contribution < 1.29 is 23.0 Å². The smallest absolute Gasteiger partial charge is 0.242 e. The number of methoxy groups -OCH3 is 1. The van der Waals surface area contributed by atoms with Crippen LogP contribution >= 0.6 is 11.6 Å². The first-order valence-electron chi connectivity index (χ1n) is 11.6. The van der Waals surface area contributed by atoms with Crippen LogP contribution in [-0.4, -0.2) is 69.6 Å². The number of aliphatic hydroxyl groups is 1. The van der Waals surface area contributed by atoms with E-state index in [0.29, 0.717) is 24.7 Å². The third kappa shape index (κ3) is 6.79. The van der Waals surface area contributed by atoms with Gasteiger partial charge in [-0.05, 0) is 31.2 Å². The Kier molecular flexibility index (Phi) is 8.67. The molecule has 0 radical (unpaired) electrons. The van der Waals surface area contributed by atoms with Crippen LogP contribution in [0.15, 0.2) is 53.6 Å². The number of para-hydroxylation sites is 1. The maximum atomic E-state index is 12.8. The van der Waals surface area contributed by atoms with Gasteiger partial charge in [0.2, 0.25) is 16.0 Å². The van der Waals surface area contributed by atoms with E-state index in [-0.39, 0.29) is 33.9 Å². The van der Waals surface area contributed by atoms with Crippen LogP contribution in [-0.2, 0) is 14.8 Å². The molecule has 2 aromatic carbocycles. The number of rotatable bonds is 10. The fourth-order valence-electron chi connectivity index (χ4n) is 3.68. The van der Waals surface area contributed by atoms with Crippen molar-refractivity contribution in [2.24, 2.45) is 0 Å². The van der Waals surface area contributed by atoms with Crippen LogP contribution in [0, 0.1) is 0 Å². The highest BCUT2D eigenvalue weighted by Gasteiger charge is 2.20. The molecule has 1 atom stereocenters. The van der Waals surface area contributed by atoms with Crippen molar-refractivity contribution >= 4 is 50.5 Å². The van der Waals surface area contributed by atoms with Crippen LogP contribution in [0.4, 0.5) is 28.8 Å². The van der Waals surface area contributed by atoms with Crippen LogP contribution in [0.25, 0.3) is 0 Å². The summed E-state index contributed by atoms with van der Waals surface area (Å²) in [6.07, 6.45) is 0.580. The molecule has 0 bridgehead atoms. The molecular weight excluding hydrogens is 520 g/mol. The first kappa shape index (κ1) is 26.9. The lowest BCUT2D eigenvalue weighted by Crippen LogP contribution is -2.36. The van der Waals surface area contributed by atoms with Gasteiger partial charge in [-0.2, -0.15) is 4.98 Å². The Balaban J connectivity index is 1.56. The average Bonchev–Trinajstić information content (AvgIpc) is 2.90. The van der Waals surface area contributed by atoms with Crippen LogP contribution in [0.5, 0.6) is 5.75 Å². The molecule has 1 aliphatic heterocycles. The van der Waals surface area contributed by atoms with Crippen molar-refractivity contribution in [3.63, 3.8) is 0 Å². The standard InChI is InChI=1S/C24H29ClN6O5S/c1-16(32)14-27-37(33,34)22-6-4-3-5-20(22)28-23-18(25)15-26-24(30-23)29-19-8-7-17(13-21(19)35-2)31-9-11-36-12-10-31/h3-8,13,15-16,27,32H,9-12,14H2,1-2H3,(H2,26,28,29,30). The highest BCUT2D eigenvalue weighted by Crippen LogP contribution is 2.33. The third-order valence-electron chi connectivity index (χ3n) is 5.55. The van der Waals surface area contributed by atoms with Gasteiger partial charge in [-0.1, -0.05) is 23.7 Å². The van der Waals surface area contributed by atoms with Gasteiger partial charge >= 0.3 is 0 Å². The Morgan fingerprint density at radius 2 is 1.92 bits per heavy atom. The molecule has 2 heterocycles. The van der Waals surface area contributed by atoms with Crippen molar-refractivity contribution in [3.8, 4) is 5.75 Å². The minimum atomic E-state index is -3.90. The number of halogens is 1. The summed E-state index contributed by atoms with van der Waals surface area (Å²) < 4.78 is 39.0. The van der Waals surface area contributed by atoms with Crippen LogP contribution in [0.3, 0.4) is 0 Å². The lowest BCUT2D eigenvalue weighted by Gasteiger charge is -2.29. The van der Waals surface area contributed by atoms with Gasteiger partial charge < -0.3 is 30.1 Å². The highest BCUT2D eigenvalue weighted by molar-refractivity contribution is 7.89. The van der Waals surface area contributed by atoms with Crippen molar-refractivity contribution in [1.82, 2.24) is 14.7 Å². The number of aliphatic hydroxyl groups excluding tert-OH is 1. The summed E-state index contributed by atoms with van der Waals surface area (Å²) in [5, 5.41) is 15.8. The quantitative estimate of drug-likeness (QED) is 0.299. The van der Waals surface area contributed by atoms with Gasteiger partial charge in [0.05, 0.1) is 44.0 Å². The zero-order chi connectivity index (χ0) is 26.4. The van der Waals surface area contributed by atoms with Crippen LogP contribution in [0.2, 0.25) is 5.02 Å². The van der Waals surface area contributed by atoms with E-state index in [0.717, 1.165) is 18.8 Å². The largest absolute Gasteiger partial charge is 0.494 e. The molecule has 1 unspecified atom stereocenters. The lowest BCUT2D eigenvalue weighted by atomic mass is 10.2. The highest BCUT2D eigenvalue weighted by atomic mass is 35.5. The molecular formula is C24H29ClN6O5S. The van der Waals surface area contributed by atoms with Gasteiger partial charge in [0.1, 0.15) is 15.7 Å². The number of nitrogens with zero attached hydrogens (tertiary/aromatic N) is 3. The van der Waals surface area contributed by atoms with Gasteiger partial charge in [0, 0.05) is 31.4 Å². The van der Waals surface area contributed by atoms with E-state index >= 15 is 0 Å². The number of benzene rings is 2. The average molecular weight is 549 g/mol. The molecule has 0 saturated carbocycles. The normalized spacial score (nSPS) is 14.8. The summed E-state index contributed by atoms with van der Waals surface area (Å²) in [5.74, 6) is 1.05. The molecule has 1 fully saturated rings. The Morgan fingerprint density at radius 3 is 2.65 bits per heavy atom. The van der Waals surface area contributed by atoms with E-state index in [1.165, 1.54) is 19.2 Å². The molecule has 0 spiro atoms. The number of ether oxygens (including phenoxy) is 2. The number of aromatic nitrogens is 2. The zero-order valence-electron chi connectivity index (χ0n) is 20.4. The Bertz CT molecular complexity index is 1330. The molecule has 4 N–H and O–H groups in total. The maximum absolute atomic E-state index is 12.8. The lowest BCUT2D eigenvalue weighted by molar-refractivity contribution is 0.122. The number of hydrogen-bond donors (Lipinski definition) is 4. The van der Waals surface area contributed by atoms with Crippen LogP contribution in [0.1, 0.15) is 6.92 Å². The zero-order valence-corrected chi connectivity index (χ0v) is 22.0. The predicted molar refractivity (Wildman–Crippen MR) is 143 cm³/mol. The summed E-state index contributed by atoms with van der Waals surface area (Å²) in [7, 11) is -2.32. The summed E-state index contributed by atoms with van der Waals surface area (Å²) in [6, 6.07) is 12.1. The van der Waals surface area contributed by atoms with Crippen molar-refractivity contribution in [1.29, 1.82) is 0 Å². The molecule has 3 aromatic rings. The molecule has 1 aromatic heterocycles. The molecule has 11 nitrogen and oxygen atoms in total. The monoisotopic (exact) mass is 548 g/mol. The maximum Gasteiger partial charge on any atom is 0.242 e. The Labute approximate surface area is 220 Å². The molecule has 37 heavy (non-hydrogen) atoms. The Morgan fingerprint density at radius 1 is 1.16 bits per heavy atom. The van der Waals surface area contributed by atoms with E-state index in [1.54, 1.807) is 25.3 Å². The summed E-state index contributed by atoms with van der Waals surface area (Å²) >= 11 is 6.33. The number of morpholine rings is 1. The van der Waals surface area contributed by atoms with Gasteiger partial charge in [0.25, 0.3) is 0 Å². The number of sulfonamides is 1. The van der Waals surface area contributed by atoms with Gasteiger partial charge in [-0.15, -0.1) is 0 Å². The molecule has 0 amide bonds. The van der Waals surface area contributed by atoms with Gasteiger partial charge in [-0.3, -0.25) is 0 Å². The molecule has 0 aliphatic carbocycles. The van der Waals surface area contributed by atoms with Crippen molar-refractivity contribution in [3.05, 3.63) is 53.7 Å². The first-order valence-corrected chi connectivity index (χ1v) is 13.5. The third-order valence-corrected chi connectivity index (χ3v) is 7.31. The first-order chi connectivity index (χ1) is 17.8. The second-order valence-corrected chi connectivity index (χ2v) is 10.5. The van der Waals surface area contributed by atoms with E-state index in [4.69, 9.17) is 21.1 Å². The minimum Gasteiger partial charge on any atom is -0.494 e. The topological polar surface area (TPSA) is 138 Å². The molecule has 4 rings (SSSR count). The number of anilines is 5. The van der Waals surface area contributed by atoms with Gasteiger partial charge in [0.15, 0.2) is 5.82 Å². The van der Waals surface area contributed by atoms with E-state index < -0.39 is 16.1 Å². The summed E-state index contributed by atoms with van der Waals surface area (Å²) in [6.45, 7) is 4.34. The predicted octanol–water partition coefficient (Wildman–Crippen LogP) is 3.12. The fourth-order valence-corrected chi connectivity index (χ4v) is 5.10. The van der Waals surface area contributed by atoms with E-state index in [1.807, 2.05) is 18.2 Å². The molecule has 1 aliphatic rings. The Hall–Kier alpha value is -3.16. The van der Waals surface area contributed by atoms with Crippen molar-refractivity contribution in [2.75, 3.05) is 55.5 Å². The second kappa shape index (κ2) is 11.9. The van der Waals surface area contributed by atoms with E-state index in [2.05, 4.69) is 30.2 Å². The van der Waals surface area contributed by atoms with Crippen LogP contribution < -0.4 is 25.0 Å². The number of hydrogen-bond acceptors (Lipinski definition) is 10.